The Morgan fingerprint density at radius 3 is 1.95 bits per heavy atom. The van der Waals surface area contributed by atoms with Crippen molar-refractivity contribution in [1.29, 1.82) is 0 Å². The average molecular weight is 317 g/mol. The molecule has 1 saturated heterocycles. The molecule has 124 valence electrons. The van der Waals surface area contributed by atoms with E-state index in [1.807, 2.05) is 0 Å². The fraction of sp³-hybridized carbons (Fsp3) is 0.692. The van der Waals surface area contributed by atoms with Crippen LogP contribution in [0.1, 0.15) is 27.7 Å². The average Bonchev–Trinajstić information content (AvgIpc) is 2.62. The minimum absolute atomic E-state index is 0.00301. The van der Waals surface area contributed by atoms with E-state index in [1.165, 1.54) is 32.8 Å². The van der Waals surface area contributed by atoms with Crippen molar-refractivity contribution in [3.8, 4) is 0 Å². The van der Waals surface area contributed by atoms with Gasteiger partial charge < -0.3 is 19.0 Å². The zero-order valence-electron chi connectivity index (χ0n) is 12.9. The second kappa shape index (κ2) is 7.74. The van der Waals surface area contributed by atoms with Crippen LogP contribution in [0.15, 0.2) is 0 Å². The lowest BCUT2D eigenvalue weighted by Crippen LogP contribution is -2.43. The third-order valence-electron chi connectivity index (χ3n) is 2.80. The second-order valence-electron chi connectivity index (χ2n) is 4.77. The Bertz CT molecular complexity index is 463. The predicted octanol–water partition coefficient (Wildman–Crippen LogP) is -0.425. The number of hydrogen-bond acceptors (Lipinski definition) is 9. The van der Waals surface area contributed by atoms with Gasteiger partial charge in [-0.15, -0.1) is 5.06 Å². The molecular weight excluding hydrogens is 298 g/mol. The first-order valence-corrected chi connectivity index (χ1v) is 6.63. The molecular formula is C13H19NO8. The van der Waals surface area contributed by atoms with Crippen LogP contribution in [-0.2, 0) is 38.2 Å². The molecule has 0 unspecified atom stereocenters. The Morgan fingerprint density at radius 1 is 0.909 bits per heavy atom. The molecule has 0 aliphatic carbocycles. The summed E-state index contributed by atoms with van der Waals surface area (Å²) in [6.07, 6.45) is -1.75. The first kappa shape index (κ1) is 17.9. The van der Waals surface area contributed by atoms with E-state index in [-0.39, 0.29) is 13.2 Å². The van der Waals surface area contributed by atoms with Crippen LogP contribution in [0.4, 0.5) is 0 Å². The van der Waals surface area contributed by atoms with Crippen LogP contribution in [0, 0.1) is 0 Å². The summed E-state index contributed by atoms with van der Waals surface area (Å²) in [6, 6.07) is -0.763. The smallest absolute Gasteiger partial charge is 0.322 e. The topological polar surface area (TPSA) is 108 Å². The molecule has 0 aromatic carbocycles. The molecule has 0 spiro atoms. The highest BCUT2D eigenvalue weighted by molar-refractivity contribution is 5.68. The summed E-state index contributed by atoms with van der Waals surface area (Å²) in [7, 11) is 0. The zero-order valence-corrected chi connectivity index (χ0v) is 12.9. The fourth-order valence-electron chi connectivity index (χ4n) is 2.14. The van der Waals surface area contributed by atoms with Crippen LogP contribution in [0.3, 0.4) is 0 Å². The van der Waals surface area contributed by atoms with Gasteiger partial charge >= 0.3 is 23.9 Å². The summed E-state index contributed by atoms with van der Waals surface area (Å²) in [4.78, 5) is 49.5. The van der Waals surface area contributed by atoms with Gasteiger partial charge in [0.2, 0.25) is 0 Å². The number of ether oxygens (including phenoxy) is 3. The highest BCUT2D eigenvalue weighted by Crippen LogP contribution is 2.25. The van der Waals surface area contributed by atoms with Crippen molar-refractivity contribution in [2.24, 2.45) is 0 Å². The summed E-state index contributed by atoms with van der Waals surface area (Å²) < 4.78 is 15.1. The highest BCUT2D eigenvalue weighted by Gasteiger charge is 2.48. The Hall–Kier alpha value is -2.16. The van der Waals surface area contributed by atoms with Crippen LogP contribution in [0.2, 0.25) is 0 Å². The summed E-state index contributed by atoms with van der Waals surface area (Å²) in [5, 5.41) is 1.19. The van der Waals surface area contributed by atoms with Crippen molar-refractivity contribution in [2.45, 2.75) is 45.9 Å². The number of carbonyl (C=O) groups is 4. The van der Waals surface area contributed by atoms with Crippen molar-refractivity contribution in [3.63, 3.8) is 0 Å². The lowest BCUT2D eigenvalue weighted by Gasteiger charge is -2.25. The van der Waals surface area contributed by atoms with Crippen molar-refractivity contribution in [1.82, 2.24) is 5.06 Å². The highest BCUT2D eigenvalue weighted by atomic mass is 16.7. The van der Waals surface area contributed by atoms with Crippen molar-refractivity contribution in [3.05, 3.63) is 0 Å². The van der Waals surface area contributed by atoms with E-state index in [0.29, 0.717) is 0 Å². The largest absolute Gasteiger partial charge is 0.464 e. The van der Waals surface area contributed by atoms with Crippen molar-refractivity contribution in [2.75, 3.05) is 13.2 Å². The van der Waals surface area contributed by atoms with E-state index >= 15 is 0 Å². The Labute approximate surface area is 127 Å². The van der Waals surface area contributed by atoms with Gasteiger partial charge in [0.05, 0.1) is 6.54 Å². The third kappa shape index (κ3) is 5.32. The summed E-state index contributed by atoms with van der Waals surface area (Å²) >= 11 is 0. The minimum atomic E-state index is -0.917. The zero-order chi connectivity index (χ0) is 16.9. The van der Waals surface area contributed by atoms with E-state index in [2.05, 4.69) is 0 Å². The molecule has 1 aliphatic rings. The van der Waals surface area contributed by atoms with Crippen molar-refractivity contribution < 1.29 is 38.2 Å². The normalized spacial score (nSPS) is 24.5. The maximum Gasteiger partial charge on any atom is 0.322 e. The molecule has 1 fully saturated rings. The lowest BCUT2D eigenvalue weighted by atomic mass is 10.1. The van der Waals surface area contributed by atoms with Crippen LogP contribution in [0.25, 0.3) is 0 Å². The van der Waals surface area contributed by atoms with Crippen molar-refractivity contribution >= 4 is 23.9 Å². The molecule has 9 nitrogen and oxygen atoms in total. The molecule has 0 amide bonds. The van der Waals surface area contributed by atoms with Gasteiger partial charge in [-0.1, -0.05) is 0 Å². The van der Waals surface area contributed by atoms with E-state index in [1.54, 1.807) is 0 Å². The number of carbonyl (C=O) groups excluding carboxylic acids is 4. The number of esters is 3. The first-order valence-electron chi connectivity index (χ1n) is 6.63. The van der Waals surface area contributed by atoms with Gasteiger partial charge in [-0.2, -0.15) is 0 Å². The molecule has 0 saturated carbocycles. The molecule has 0 bridgehead atoms. The van der Waals surface area contributed by atoms with Crippen LogP contribution < -0.4 is 0 Å². The number of hydrogen-bond donors (Lipinski definition) is 0. The molecule has 1 aliphatic heterocycles. The van der Waals surface area contributed by atoms with Gasteiger partial charge in [0.1, 0.15) is 12.6 Å². The predicted molar refractivity (Wildman–Crippen MR) is 70.0 cm³/mol. The minimum Gasteiger partial charge on any atom is -0.464 e. The number of rotatable bonds is 5. The SMILES string of the molecule is CC(=O)OC[C@H]1[C@@H](OC(C)=O)[C@H](OC(C)=O)CN1OC(C)=O. The summed E-state index contributed by atoms with van der Waals surface area (Å²) in [5.74, 6) is -2.31. The van der Waals surface area contributed by atoms with Gasteiger partial charge in [0.15, 0.2) is 12.2 Å². The monoisotopic (exact) mass is 317 g/mol. The van der Waals surface area contributed by atoms with Gasteiger partial charge in [0.25, 0.3) is 0 Å². The van der Waals surface area contributed by atoms with Gasteiger partial charge in [-0.05, 0) is 0 Å². The molecule has 0 N–H and O–H groups in total. The van der Waals surface area contributed by atoms with Gasteiger partial charge in [0, 0.05) is 27.7 Å². The summed E-state index contributed by atoms with van der Waals surface area (Å²) in [6.45, 7) is 4.64. The van der Waals surface area contributed by atoms with E-state index in [9.17, 15) is 19.2 Å². The molecule has 1 rings (SSSR count). The first-order chi connectivity index (χ1) is 10.2. The standard InChI is InChI=1S/C13H19NO8/c1-7(15)19-6-11-13(21-9(3)17)12(20-8(2)16)5-14(11)22-10(4)18/h11-13H,5-6H2,1-4H3/t11-,12+,13+/m0/s1. The lowest BCUT2D eigenvalue weighted by molar-refractivity contribution is -0.201. The molecule has 0 radical (unpaired) electrons. The number of nitrogens with zero attached hydrogens (tertiary/aromatic N) is 1. The van der Waals surface area contributed by atoms with Crippen LogP contribution in [0.5, 0.6) is 0 Å². The maximum atomic E-state index is 11.2. The molecule has 0 aromatic heterocycles. The quantitative estimate of drug-likeness (QED) is 0.493. The number of hydroxylamine groups is 2. The Morgan fingerprint density at radius 2 is 1.50 bits per heavy atom. The fourth-order valence-corrected chi connectivity index (χ4v) is 2.14. The maximum absolute atomic E-state index is 11.2. The van der Waals surface area contributed by atoms with Crippen LogP contribution >= 0.6 is 0 Å². The molecule has 0 aromatic rings. The van der Waals surface area contributed by atoms with Gasteiger partial charge in [-0.3, -0.25) is 19.2 Å². The van der Waals surface area contributed by atoms with E-state index in [0.717, 1.165) is 0 Å². The van der Waals surface area contributed by atoms with E-state index in [4.69, 9.17) is 19.0 Å². The molecule has 22 heavy (non-hydrogen) atoms. The third-order valence-corrected chi connectivity index (χ3v) is 2.80. The van der Waals surface area contributed by atoms with Gasteiger partial charge in [-0.25, -0.2) is 0 Å². The molecule has 9 heteroatoms. The molecule has 3 atom stereocenters. The Kier molecular flexibility index (Phi) is 6.29. The summed E-state index contributed by atoms with van der Waals surface area (Å²) in [5.41, 5.74) is 0. The second-order valence-corrected chi connectivity index (χ2v) is 4.77. The van der Waals surface area contributed by atoms with Crippen LogP contribution in [-0.4, -0.2) is 60.3 Å². The Balaban J connectivity index is 2.95. The molecule has 1 heterocycles. The van der Waals surface area contributed by atoms with E-state index < -0.39 is 42.1 Å².